The van der Waals surface area contributed by atoms with E-state index in [1.54, 1.807) is 0 Å². The van der Waals surface area contributed by atoms with Crippen LogP contribution in [0.4, 0.5) is 13.2 Å². The Hall–Kier alpha value is -1.56. The fourth-order valence-corrected chi connectivity index (χ4v) is 2.30. The van der Waals surface area contributed by atoms with Crippen molar-refractivity contribution in [1.29, 1.82) is 0 Å². The van der Waals surface area contributed by atoms with Gasteiger partial charge in [0.1, 0.15) is 0 Å². The van der Waals surface area contributed by atoms with Crippen LogP contribution in [-0.4, -0.2) is 24.5 Å². The number of benzene rings is 1. The van der Waals surface area contributed by atoms with Crippen molar-refractivity contribution >= 4 is 5.91 Å². The number of rotatable bonds is 3. The van der Waals surface area contributed by atoms with E-state index >= 15 is 0 Å². The van der Waals surface area contributed by atoms with Crippen molar-refractivity contribution in [1.82, 2.24) is 10.6 Å². The molecule has 1 atom stereocenters. The van der Waals surface area contributed by atoms with Crippen molar-refractivity contribution in [2.75, 3.05) is 13.1 Å². The smallest absolute Gasteiger partial charge is 0.349 e. The van der Waals surface area contributed by atoms with Crippen molar-refractivity contribution in [3.63, 3.8) is 0 Å². The molecule has 110 valence electrons. The second kappa shape index (κ2) is 5.44. The molecule has 1 aliphatic heterocycles. The van der Waals surface area contributed by atoms with E-state index < -0.39 is 11.7 Å². The third-order valence-electron chi connectivity index (χ3n) is 3.46. The van der Waals surface area contributed by atoms with Crippen LogP contribution in [0.2, 0.25) is 0 Å². The van der Waals surface area contributed by atoms with E-state index in [0.29, 0.717) is 12.1 Å². The van der Waals surface area contributed by atoms with Crippen LogP contribution in [0, 0.1) is 0 Å². The Bertz CT molecular complexity index is 476. The average molecular weight is 286 g/mol. The second-order valence-electron chi connectivity index (χ2n) is 5.41. The van der Waals surface area contributed by atoms with Crippen LogP contribution < -0.4 is 10.6 Å². The molecule has 0 bridgehead atoms. The van der Waals surface area contributed by atoms with Gasteiger partial charge in [0.25, 0.3) is 0 Å². The van der Waals surface area contributed by atoms with Crippen LogP contribution >= 0.6 is 0 Å². The number of nitrogens with one attached hydrogen (secondary N) is 2. The van der Waals surface area contributed by atoms with Crippen molar-refractivity contribution in [3.8, 4) is 0 Å². The summed E-state index contributed by atoms with van der Waals surface area (Å²) < 4.78 is 37.3. The molecule has 1 fully saturated rings. The highest BCUT2D eigenvalue weighted by Gasteiger charge is 2.31. The molecule has 1 aromatic rings. The summed E-state index contributed by atoms with van der Waals surface area (Å²) in [7, 11) is 0. The zero-order valence-electron chi connectivity index (χ0n) is 11.2. The van der Waals surface area contributed by atoms with Gasteiger partial charge in [-0.3, -0.25) is 4.79 Å². The quantitative estimate of drug-likeness (QED) is 0.893. The number of carbonyl (C=O) groups excluding carboxylic acids is 1. The standard InChI is InChI=1S/C14H17F3N2O/c1-13(6-7-18-9-13)19-12(20)8-10-2-4-11(5-3-10)14(15,16)17/h2-5,18H,6-9H2,1H3,(H,19,20). The fraction of sp³-hybridized carbons (Fsp3) is 0.500. The van der Waals surface area contributed by atoms with Crippen LogP contribution in [0.25, 0.3) is 0 Å². The fourth-order valence-electron chi connectivity index (χ4n) is 2.30. The minimum atomic E-state index is -4.34. The molecule has 6 heteroatoms. The van der Waals surface area contributed by atoms with Gasteiger partial charge in [0.05, 0.1) is 17.5 Å². The third kappa shape index (κ3) is 3.72. The normalized spacial score (nSPS) is 22.8. The molecule has 3 nitrogen and oxygen atoms in total. The van der Waals surface area contributed by atoms with Gasteiger partial charge >= 0.3 is 6.18 Å². The van der Waals surface area contributed by atoms with Gasteiger partial charge in [-0.2, -0.15) is 13.2 Å². The number of amides is 1. The van der Waals surface area contributed by atoms with Gasteiger partial charge in [0.15, 0.2) is 0 Å². The van der Waals surface area contributed by atoms with Crippen LogP contribution in [0.5, 0.6) is 0 Å². The van der Waals surface area contributed by atoms with Crippen LogP contribution in [0.15, 0.2) is 24.3 Å². The van der Waals surface area contributed by atoms with Gasteiger partial charge in [-0.25, -0.2) is 0 Å². The third-order valence-corrected chi connectivity index (χ3v) is 3.46. The summed E-state index contributed by atoms with van der Waals surface area (Å²) in [4.78, 5) is 11.9. The predicted octanol–water partition coefficient (Wildman–Crippen LogP) is 2.12. The van der Waals surface area contributed by atoms with E-state index in [1.807, 2.05) is 6.92 Å². The molecule has 2 rings (SSSR count). The lowest BCUT2D eigenvalue weighted by Crippen LogP contribution is -2.48. The second-order valence-corrected chi connectivity index (χ2v) is 5.41. The first kappa shape index (κ1) is 14.8. The number of hydrogen-bond acceptors (Lipinski definition) is 2. The lowest BCUT2D eigenvalue weighted by atomic mass is 10.0. The number of halogens is 3. The van der Waals surface area contributed by atoms with E-state index in [-0.39, 0.29) is 17.9 Å². The van der Waals surface area contributed by atoms with Gasteiger partial charge in [-0.15, -0.1) is 0 Å². The predicted molar refractivity (Wildman–Crippen MR) is 69.2 cm³/mol. The molecule has 2 N–H and O–H groups in total. The van der Waals surface area contributed by atoms with Gasteiger partial charge in [0, 0.05) is 6.54 Å². The maximum Gasteiger partial charge on any atom is 0.416 e. The van der Waals surface area contributed by atoms with Gasteiger partial charge in [-0.05, 0) is 37.6 Å². The first-order valence-corrected chi connectivity index (χ1v) is 6.46. The molecule has 0 radical (unpaired) electrons. The highest BCUT2D eigenvalue weighted by atomic mass is 19.4. The zero-order valence-corrected chi connectivity index (χ0v) is 11.2. The minimum Gasteiger partial charge on any atom is -0.349 e. The number of alkyl halides is 3. The summed E-state index contributed by atoms with van der Waals surface area (Å²) in [5.74, 6) is -0.170. The molecule has 20 heavy (non-hydrogen) atoms. The lowest BCUT2D eigenvalue weighted by Gasteiger charge is -2.24. The highest BCUT2D eigenvalue weighted by molar-refractivity contribution is 5.79. The number of carbonyl (C=O) groups is 1. The van der Waals surface area contributed by atoms with Gasteiger partial charge in [-0.1, -0.05) is 12.1 Å². The molecule has 1 unspecified atom stereocenters. The Morgan fingerprint density at radius 1 is 1.35 bits per heavy atom. The summed E-state index contributed by atoms with van der Waals surface area (Å²) in [6.07, 6.45) is -3.40. The van der Waals surface area contributed by atoms with E-state index in [2.05, 4.69) is 10.6 Å². The molecule has 0 saturated carbocycles. The summed E-state index contributed by atoms with van der Waals surface area (Å²) >= 11 is 0. The topological polar surface area (TPSA) is 41.1 Å². The molecule has 0 spiro atoms. The average Bonchev–Trinajstić information content (AvgIpc) is 2.74. The van der Waals surface area contributed by atoms with Gasteiger partial charge in [0.2, 0.25) is 5.91 Å². The summed E-state index contributed by atoms with van der Waals surface area (Å²) in [5, 5.41) is 6.09. The van der Waals surface area contributed by atoms with Crippen molar-refractivity contribution in [2.24, 2.45) is 0 Å². The molecule has 1 amide bonds. The lowest BCUT2D eigenvalue weighted by molar-refractivity contribution is -0.137. The Morgan fingerprint density at radius 2 is 2.00 bits per heavy atom. The first-order chi connectivity index (χ1) is 9.28. The Labute approximate surface area is 115 Å². The molecular weight excluding hydrogens is 269 g/mol. The van der Waals surface area contributed by atoms with E-state index in [4.69, 9.17) is 0 Å². The van der Waals surface area contributed by atoms with Crippen molar-refractivity contribution < 1.29 is 18.0 Å². The maximum absolute atomic E-state index is 12.4. The molecule has 1 aromatic carbocycles. The van der Waals surface area contributed by atoms with Crippen LogP contribution in [-0.2, 0) is 17.4 Å². The van der Waals surface area contributed by atoms with E-state index in [0.717, 1.165) is 25.1 Å². The van der Waals surface area contributed by atoms with Crippen molar-refractivity contribution in [3.05, 3.63) is 35.4 Å². The highest BCUT2D eigenvalue weighted by Crippen LogP contribution is 2.29. The molecule has 0 aliphatic carbocycles. The maximum atomic E-state index is 12.4. The van der Waals surface area contributed by atoms with E-state index in [9.17, 15) is 18.0 Å². The van der Waals surface area contributed by atoms with Crippen molar-refractivity contribution in [2.45, 2.75) is 31.5 Å². The van der Waals surface area contributed by atoms with Crippen LogP contribution in [0.1, 0.15) is 24.5 Å². The summed E-state index contributed by atoms with van der Waals surface area (Å²) in [6.45, 7) is 3.53. The van der Waals surface area contributed by atoms with Crippen LogP contribution in [0.3, 0.4) is 0 Å². The zero-order chi connectivity index (χ0) is 14.8. The molecule has 1 aliphatic rings. The van der Waals surface area contributed by atoms with E-state index in [1.165, 1.54) is 12.1 Å². The Morgan fingerprint density at radius 3 is 2.50 bits per heavy atom. The van der Waals surface area contributed by atoms with Gasteiger partial charge < -0.3 is 10.6 Å². The molecular formula is C14H17F3N2O. The summed E-state index contributed by atoms with van der Waals surface area (Å²) in [6, 6.07) is 4.69. The summed E-state index contributed by atoms with van der Waals surface area (Å²) in [5.41, 5.74) is -0.387. The first-order valence-electron chi connectivity index (χ1n) is 6.46. The molecule has 0 aromatic heterocycles. The minimum absolute atomic E-state index is 0.0910. The molecule has 1 saturated heterocycles. The monoisotopic (exact) mass is 286 g/mol. The largest absolute Gasteiger partial charge is 0.416 e. The number of hydrogen-bond donors (Lipinski definition) is 2. The SMILES string of the molecule is CC1(NC(=O)Cc2ccc(C(F)(F)F)cc2)CCNC1. The molecule has 1 heterocycles. The Balaban J connectivity index is 1.94. The Kier molecular flexibility index (Phi) is 4.04.